The van der Waals surface area contributed by atoms with E-state index in [9.17, 15) is 13.2 Å². The molecule has 0 spiro atoms. The van der Waals surface area contributed by atoms with E-state index < -0.39 is 22.0 Å². The number of amides is 1. The minimum absolute atomic E-state index is 0.127. The van der Waals surface area contributed by atoms with Crippen LogP contribution in [0.1, 0.15) is 28.3 Å². The first-order valence-corrected chi connectivity index (χ1v) is 13.7. The predicted octanol–water partition coefficient (Wildman–Crippen LogP) is 6.17. The molecule has 1 atom stereocenters. The number of carbonyl (C=O) groups excluding carboxylic acids is 1. The van der Waals surface area contributed by atoms with Crippen LogP contribution in [0.4, 0.5) is 5.69 Å². The van der Waals surface area contributed by atoms with Crippen molar-refractivity contribution >= 4 is 37.5 Å². The Balaban J connectivity index is 1.69. The monoisotopic (exact) mass is 562 g/mol. The first-order valence-electron chi connectivity index (χ1n) is 11.5. The summed E-state index contributed by atoms with van der Waals surface area (Å²) < 4.78 is 29.3. The van der Waals surface area contributed by atoms with Crippen LogP contribution in [0.2, 0.25) is 0 Å². The van der Waals surface area contributed by atoms with Crippen molar-refractivity contribution < 1.29 is 13.2 Å². The van der Waals surface area contributed by atoms with E-state index in [4.69, 9.17) is 0 Å². The first kappa shape index (κ1) is 25.7. The number of aryl methyl sites for hydroxylation is 2. The van der Waals surface area contributed by atoms with E-state index >= 15 is 0 Å². The fraction of sp³-hybridized carbons (Fsp3) is 0.138. The fourth-order valence-electron chi connectivity index (χ4n) is 3.99. The van der Waals surface area contributed by atoms with Crippen molar-refractivity contribution in [2.45, 2.75) is 24.8 Å². The fourth-order valence-corrected chi connectivity index (χ4v) is 5.68. The molecule has 0 aliphatic carbocycles. The summed E-state index contributed by atoms with van der Waals surface area (Å²) in [6.07, 6.45) is 0. The summed E-state index contributed by atoms with van der Waals surface area (Å²) in [7, 11) is -3.99. The van der Waals surface area contributed by atoms with Gasteiger partial charge in [0.1, 0.15) is 6.54 Å². The second-order valence-electron chi connectivity index (χ2n) is 8.57. The summed E-state index contributed by atoms with van der Waals surface area (Å²) in [5.41, 5.74) is 4.25. The SMILES string of the molecule is Cc1ccc(S(=O)(=O)N(CC(=O)NC(c2ccccc2)c2ccccc2C)c2ccc(Br)cc2)cc1. The molecular formula is C29H27BrN2O3S. The van der Waals surface area contributed by atoms with Crippen molar-refractivity contribution in [2.24, 2.45) is 0 Å². The molecule has 0 aliphatic heterocycles. The van der Waals surface area contributed by atoms with Gasteiger partial charge in [0, 0.05) is 4.47 Å². The van der Waals surface area contributed by atoms with Gasteiger partial charge in [0.15, 0.2) is 0 Å². The minimum atomic E-state index is -3.99. The second kappa shape index (κ2) is 11.1. The molecule has 36 heavy (non-hydrogen) atoms. The van der Waals surface area contributed by atoms with Crippen molar-refractivity contribution in [3.05, 3.63) is 130 Å². The Morgan fingerprint density at radius 1 is 0.833 bits per heavy atom. The topological polar surface area (TPSA) is 66.5 Å². The molecule has 4 aromatic rings. The number of rotatable bonds is 8. The van der Waals surface area contributed by atoms with Gasteiger partial charge in [-0.25, -0.2) is 8.42 Å². The maximum Gasteiger partial charge on any atom is 0.264 e. The number of halogens is 1. The van der Waals surface area contributed by atoms with Gasteiger partial charge < -0.3 is 5.32 Å². The number of anilines is 1. The van der Waals surface area contributed by atoms with E-state index in [-0.39, 0.29) is 11.4 Å². The van der Waals surface area contributed by atoms with Gasteiger partial charge in [0.05, 0.1) is 16.6 Å². The standard InChI is InChI=1S/C29H27BrN2O3S/c1-21-12-18-26(19-13-21)36(34,35)32(25-16-14-24(30)15-17-25)20-28(33)31-29(23-9-4-3-5-10-23)27-11-7-6-8-22(27)2/h3-19,29H,20H2,1-2H3,(H,31,33). The number of hydrogen-bond acceptors (Lipinski definition) is 3. The minimum Gasteiger partial charge on any atom is -0.344 e. The lowest BCUT2D eigenvalue weighted by atomic mass is 9.95. The van der Waals surface area contributed by atoms with Crippen molar-refractivity contribution in [1.29, 1.82) is 0 Å². The largest absolute Gasteiger partial charge is 0.344 e. The van der Waals surface area contributed by atoms with Crippen LogP contribution in [0.3, 0.4) is 0 Å². The predicted molar refractivity (Wildman–Crippen MR) is 147 cm³/mol. The van der Waals surface area contributed by atoms with E-state index in [2.05, 4.69) is 21.2 Å². The number of nitrogens with zero attached hydrogens (tertiary/aromatic N) is 1. The Kier molecular flexibility index (Phi) is 7.91. The molecule has 0 aromatic heterocycles. The van der Waals surface area contributed by atoms with Crippen LogP contribution < -0.4 is 9.62 Å². The molecule has 0 saturated heterocycles. The number of carbonyl (C=O) groups is 1. The summed E-state index contributed by atoms with van der Waals surface area (Å²) in [6.45, 7) is 3.52. The molecule has 1 unspecified atom stereocenters. The lowest BCUT2D eigenvalue weighted by Gasteiger charge is -2.27. The molecule has 1 N–H and O–H groups in total. The third-order valence-corrected chi connectivity index (χ3v) is 8.27. The van der Waals surface area contributed by atoms with Crippen LogP contribution in [0, 0.1) is 13.8 Å². The quantitative estimate of drug-likeness (QED) is 0.279. The Morgan fingerprint density at radius 3 is 2.08 bits per heavy atom. The van der Waals surface area contributed by atoms with Crippen LogP contribution in [-0.4, -0.2) is 20.9 Å². The van der Waals surface area contributed by atoms with Crippen molar-refractivity contribution in [2.75, 3.05) is 10.8 Å². The van der Waals surface area contributed by atoms with Gasteiger partial charge in [-0.1, -0.05) is 88.2 Å². The summed E-state index contributed by atoms with van der Waals surface area (Å²) in [6, 6.07) is 30.6. The van der Waals surface area contributed by atoms with E-state index in [1.165, 1.54) is 0 Å². The van der Waals surface area contributed by atoms with Gasteiger partial charge in [0.2, 0.25) is 5.91 Å². The van der Waals surface area contributed by atoms with Gasteiger partial charge in [-0.05, 0) is 66.9 Å². The van der Waals surface area contributed by atoms with E-state index in [1.54, 1.807) is 48.5 Å². The van der Waals surface area contributed by atoms with E-state index in [0.29, 0.717) is 5.69 Å². The van der Waals surface area contributed by atoms with Crippen molar-refractivity contribution in [3.8, 4) is 0 Å². The summed E-state index contributed by atoms with van der Waals surface area (Å²) in [5.74, 6) is -0.411. The van der Waals surface area contributed by atoms with Crippen LogP contribution >= 0.6 is 15.9 Å². The molecule has 4 rings (SSSR count). The number of hydrogen-bond donors (Lipinski definition) is 1. The molecule has 5 nitrogen and oxygen atoms in total. The molecule has 0 radical (unpaired) electrons. The molecule has 0 aliphatic rings. The third-order valence-electron chi connectivity index (χ3n) is 5.95. The van der Waals surface area contributed by atoms with Gasteiger partial charge >= 0.3 is 0 Å². The number of benzene rings is 4. The summed E-state index contributed by atoms with van der Waals surface area (Å²) in [5, 5.41) is 3.08. The lowest BCUT2D eigenvalue weighted by Crippen LogP contribution is -2.42. The normalized spacial score (nSPS) is 12.1. The molecule has 0 fully saturated rings. The van der Waals surface area contributed by atoms with Gasteiger partial charge in [0.25, 0.3) is 10.0 Å². The van der Waals surface area contributed by atoms with Crippen LogP contribution in [-0.2, 0) is 14.8 Å². The highest BCUT2D eigenvalue weighted by atomic mass is 79.9. The highest BCUT2D eigenvalue weighted by Gasteiger charge is 2.28. The zero-order chi connectivity index (χ0) is 25.7. The summed E-state index contributed by atoms with van der Waals surface area (Å²) >= 11 is 3.39. The Labute approximate surface area is 221 Å². The van der Waals surface area contributed by atoms with E-state index in [0.717, 1.165) is 31.0 Å². The lowest BCUT2D eigenvalue weighted by molar-refractivity contribution is -0.120. The van der Waals surface area contributed by atoms with Crippen LogP contribution in [0.25, 0.3) is 0 Å². The third kappa shape index (κ3) is 5.86. The highest BCUT2D eigenvalue weighted by Crippen LogP contribution is 2.27. The molecule has 0 heterocycles. The molecular weight excluding hydrogens is 536 g/mol. The average Bonchev–Trinajstić information content (AvgIpc) is 2.88. The van der Waals surface area contributed by atoms with Crippen molar-refractivity contribution in [1.82, 2.24) is 5.32 Å². The molecule has 184 valence electrons. The maximum absolute atomic E-state index is 13.7. The van der Waals surface area contributed by atoms with Gasteiger partial charge in [-0.3, -0.25) is 9.10 Å². The van der Waals surface area contributed by atoms with Crippen molar-refractivity contribution in [3.63, 3.8) is 0 Å². The zero-order valence-electron chi connectivity index (χ0n) is 20.1. The summed E-state index contributed by atoms with van der Waals surface area (Å²) in [4.78, 5) is 13.6. The van der Waals surface area contributed by atoms with E-state index in [1.807, 2.05) is 68.4 Å². The van der Waals surface area contributed by atoms with Crippen LogP contribution in [0.15, 0.2) is 112 Å². The number of nitrogens with one attached hydrogen (secondary N) is 1. The Bertz CT molecular complexity index is 1440. The van der Waals surface area contributed by atoms with Gasteiger partial charge in [-0.2, -0.15) is 0 Å². The molecule has 1 amide bonds. The Hall–Kier alpha value is -3.42. The Morgan fingerprint density at radius 2 is 1.44 bits per heavy atom. The highest BCUT2D eigenvalue weighted by molar-refractivity contribution is 9.10. The second-order valence-corrected chi connectivity index (χ2v) is 11.3. The van der Waals surface area contributed by atoms with Crippen LogP contribution in [0.5, 0.6) is 0 Å². The molecule has 0 saturated carbocycles. The molecule has 7 heteroatoms. The first-order chi connectivity index (χ1) is 17.3. The zero-order valence-corrected chi connectivity index (χ0v) is 22.5. The molecule has 4 aromatic carbocycles. The smallest absolute Gasteiger partial charge is 0.264 e. The molecule has 0 bridgehead atoms. The number of sulfonamides is 1. The van der Waals surface area contributed by atoms with Gasteiger partial charge in [-0.15, -0.1) is 0 Å². The maximum atomic E-state index is 13.7. The average molecular weight is 564 g/mol.